The molecule has 0 radical (unpaired) electrons. The van der Waals surface area contributed by atoms with E-state index in [0.29, 0.717) is 11.3 Å². The van der Waals surface area contributed by atoms with Gasteiger partial charge in [0.05, 0.1) is 0 Å². The Hall–Kier alpha value is -1.47. The number of hydrogen-bond acceptors (Lipinski definition) is 6. The van der Waals surface area contributed by atoms with Crippen molar-refractivity contribution in [3.63, 3.8) is 0 Å². The number of thioether (sulfide) groups is 1. The van der Waals surface area contributed by atoms with E-state index < -0.39 is 17.8 Å². The van der Waals surface area contributed by atoms with Crippen LogP contribution in [-0.2, 0) is 14.3 Å². The number of carbonyl (C=O) groups is 2. The van der Waals surface area contributed by atoms with E-state index in [1.165, 1.54) is 16.7 Å². The first-order valence-corrected chi connectivity index (χ1v) is 7.26. The molecule has 2 rings (SSSR count). The average molecular weight is 298 g/mol. The van der Waals surface area contributed by atoms with Gasteiger partial charge in [0.15, 0.2) is 0 Å². The predicted octanol–water partition coefficient (Wildman–Crippen LogP) is 1.58. The largest absolute Gasteiger partial charge is 0.515 e. The Morgan fingerprint density at radius 1 is 1.55 bits per heavy atom. The Balaban J connectivity index is 2.18. The van der Waals surface area contributed by atoms with Gasteiger partial charge in [-0.2, -0.15) is 0 Å². The van der Waals surface area contributed by atoms with Gasteiger partial charge < -0.3 is 15.2 Å². The zero-order valence-electron chi connectivity index (χ0n) is 11.7. The van der Waals surface area contributed by atoms with Gasteiger partial charge in [0.25, 0.3) is 0 Å². The summed E-state index contributed by atoms with van der Waals surface area (Å²) in [5.74, 6) is 0.508. The van der Waals surface area contributed by atoms with Crippen LogP contribution < -0.4 is 5.73 Å². The molecule has 0 bridgehead atoms. The first kappa shape index (κ1) is 14.9. The van der Waals surface area contributed by atoms with E-state index >= 15 is 0 Å². The van der Waals surface area contributed by atoms with Crippen LogP contribution in [0.2, 0.25) is 0 Å². The van der Waals surface area contributed by atoms with Crippen LogP contribution in [0.15, 0.2) is 24.1 Å². The summed E-state index contributed by atoms with van der Waals surface area (Å²) in [7, 11) is 0. The van der Waals surface area contributed by atoms with Crippen LogP contribution in [0.25, 0.3) is 0 Å². The summed E-state index contributed by atoms with van der Waals surface area (Å²) in [5.41, 5.74) is 5.74. The fraction of sp³-hybridized carbons (Fsp3) is 0.538. The summed E-state index contributed by atoms with van der Waals surface area (Å²) in [6, 6.07) is -0.552. The molecule has 1 unspecified atom stereocenters. The van der Waals surface area contributed by atoms with Gasteiger partial charge in [-0.3, -0.25) is 9.69 Å². The third-order valence-electron chi connectivity index (χ3n) is 2.80. The molecule has 0 aromatic carbocycles. The Morgan fingerprint density at radius 2 is 2.20 bits per heavy atom. The number of nitrogens with two attached hydrogens (primary N) is 1. The fourth-order valence-electron chi connectivity index (χ4n) is 1.88. The highest BCUT2D eigenvalue weighted by molar-refractivity contribution is 8.00. The van der Waals surface area contributed by atoms with Crippen molar-refractivity contribution in [2.45, 2.75) is 37.8 Å². The van der Waals surface area contributed by atoms with Crippen molar-refractivity contribution in [3.8, 4) is 0 Å². The molecule has 0 aromatic heterocycles. The topological polar surface area (TPSA) is 81.9 Å². The number of hydrogen-bond donors (Lipinski definition) is 1. The first-order chi connectivity index (χ1) is 9.24. The molecule has 7 heteroatoms. The number of carbonyl (C=O) groups excluding carboxylic acids is 2. The van der Waals surface area contributed by atoms with E-state index in [-0.39, 0.29) is 17.2 Å². The van der Waals surface area contributed by atoms with Crippen LogP contribution in [0, 0.1) is 0 Å². The maximum atomic E-state index is 11.8. The van der Waals surface area contributed by atoms with Crippen LogP contribution >= 0.6 is 11.8 Å². The number of amides is 1. The Bertz CT molecular complexity index is 495. The molecular weight excluding hydrogens is 280 g/mol. The smallest absolute Gasteiger partial charge is 0.428 e. The van der Waals surface area contributed by atoms with E-state index in [2.05, 4.69) is 6.58 Å². The maximum Gasteiger partial charge on any atom is 0.515 e. The molecule has 0 saturated carbocycles. The molecule has 1 fully saturated rings. The van der Waals surface area contributed by atoms with E-state index in [0.717, 1.165) is 0 Å². The summed E-state index contributed by atoms with van der Waals surface area (Å²) in [4.78, 5) is 25.0. The summed E-state index contributed by atoms with van der Waals surface area (Å²) in [6.45, 7) is 8.88. The van der Waals surface area contributed by atoms with Gasteiger partial charge in [-0.15, -0.1) is 11.8 Å². The van der Waals surface area contributed by atoms with Crippen LogP contribution in [0.5, 0.6) is 0 Å². The standard InChI is InChI=1S/C13H18N2O4S/c1-5-7-6-20-11-8(14)9(16)15(11)10(7)18-12(17)19-13(2,3)4/h5,8,11H,1,6,14H2,2-4H3/t8?,11-/m0/s1. The Labute approximate surface area is 122 Å². The summed E-state index contributed by atoms with van der Waals surface area (Å²) < 4.78 is 10.3. The number of allylic oxidation sites excluding steroid dienone is 1. The minimum absolute atomic E-state index is 0.185. The van der Waals surface area contributed by atoms with E-state index in [4.69, 9.17) is 15.2 Å². The highest BCUT2D eigenvalue weighted by Gasteiger charge is 2.51. The van der Waals surface area contributed by atoms with Crippen molar-refractivity contribution >= 4 is 23.8 Å². The highest BCUT2D eigenvalue weighted by atomic mass is 32.2. The van der Waals surface area contributed by atoms with Crippen LogP contribution in [-0.4, -0.2) is 39.7 Å². The Kier molecular flexibility index (Phi) is 3.84. The minimum Gasteiger partial charge on any atom is -0.428 e. The molecule has 2 heterocycles. The summed E-state index contributed by atoms with van der Waals surface area (Å²) >= 11 is 1.52. The molecule has 6 nitrogen and oxygen atoms in total. The number of β-lactam (4-membered cyclic amide) rings is 1. The predicted molar refractivity (Wildman–Crippen MR) is 75.6 cm³/mol. The third-order valence-corrected chi connectivity index (χ3v) is 4.13. The lowest BCUT2D eigenvalue weighted by molar-refractivity contribution is -0.145. The van der Waals surface area contributed by atoms with Crippen molar-refractivity contribution < 1.29 is 19.1 Å². The normalized spacial score (nSPS) is 25.8. The van der Waals surface area contributed by atoms with E-state index in [1.807, 2.05) is 0 Å². The zero-order chi connectivity index (χ0) is 15.1. The molecule has 0 aromatic rings. The number of rotatable bonds is 2. The molecule has 1 amide bonds. The molecule has 110 valence electrons. The number of ether oxygens (including phenoxy) is 2. The molecule has 20 heavy (non-hydrogen) atoms. The second-order valence-corrected chi connectivity index (χ2v) is 6.64. The van der Waals surface area contributed by atoms with Crippen LogP contribution in [0.1, 0.15) is 20.8 Å². The maximum absolute atomic E-state index is 11.8. The lowest BCUT2D eigenvalue weighted by atomic mass is 10.1. The summed E-state index contributed by atoms with van der Waals surface area (Å²) in [6.07, 6.45) is 0.728. The van der Waals surface area contributed by atoms with Gasteiger partial charge in [-0.25, -0.2) is 4.79 Å². The molecule has 2 N–H and O–H groups in total. The fourth-order valence-corrected chi connectivity index (χ4v) is 3.15. The van der Waals surface area contributed by atoms with Crippen molar-refractivity contribution in [1.82, 2.24) is 4.90 Å². The first-order valence-electron chi connectivity index (χ1n) is 6.21. The lowest BCUT2D eigenvalue weighted by Gasteiger charge is -2.47. The Morgan fingerprint density at radius 3 is 2.75 bits per heavy atom. The van der Waals surface area contributed by atoms with Gasteiger partial charge in [0.2, 0.25) is 11.8 Å². The van der Waals surface area contributed by atoms with E-state index in [9.17, 15) is 9.59 Å². The molecule has 0 aliphatic carbocycles. The summed E-state index contributed by atoms with van der Waals surface area (Å²) in [5, 5.41) is -0.191. The highest BCUT2D eigenvalue weighted by Crippen LogP contribution is 2.40. The lowest BCUT2D eigenvalue weighted by Crippen LogP contribution is -2.68. The van der Waals surface area contributed by atoms with E-state index in [1.54, 1.807) is 26.8 Å². The minimum atomic E-state index is -0.842. The molecule has 1 saturated heterocycles. The number of fused-ring (bicyclic) bond motifs is 1. The third kappa shape index (κ3) is 2.69. The SMILES string of the molecule is C=CC1=C(OC(=O)OC(C)(C)C)N2C(=O)C(N)[C@@H]2SC1. The van der Waals surface area contributed by atoms with Gasteiger partial charge >= 0.3 is 6.16 Å². The average Bonchev–Trinajstić information content (AvgIpc) is 2.34. The molecular formula is C13H18N2O4S. The second kappa shape index (κ2) is 5.14. The zero-order valence-corrected chi connectivity index (χ0v) is 12.5. The van der Waals surface area contributed by atoms with Crippen molar-refractivity contribution in [1.29, 1.82) is 0 Å². The quantitative estimate of drug-likeness (QED) is 0.615. The molecule has 2 atom stereocenters. The van der Waals surface area contributed by atoms with Crippen molar-refractivity contribution in [3.05, 3.63) is 24.1 Å². The van der Waals surface area contributed by atoms with Gasteiger partial charge in [-0.05, 0) is 20.8 Å². The number of nitrogens with zero attached hydrogens (tertiary/aromatic N) is 1. The van der Waals surface area contributed by atoms with Gasteiger partial charge in [-0.1, -0.05) is 12.7 Å². The van der Waals surface area contributed by atoms with Gasteiger partial charge in [0.1, 0.15) is 17.0 Å². The van der Waals surface area contributed by atoms with Gasteiger partial charge in [0, 0.05) is 11.3 Å². The van der Waals surface area contributed by atoms with Crippen molar-refractivity contribution in [2.75, 3.05) is 5.75 Å². The molecule has 2 aliphatic rings. The van der Waals surface area contributed by atoms with Crippen LogP contribution in [0.3, 0.4) is 0 Å². The molecule has 0 spiro atoms. The second-order valence-electron chi connectivity index (χ2n) is 5.54. The van der Waals surface area contributed by atoms with Crippen LogP contribution in [0.4, 0.5) is 4.79 Å². The van der Waals surface area contributed by atoms with Crippen molar-refractivity contribution in [2.24, 2.45) is 5.73 Å². The molecule has 2 aliphatic heterocycles. The monoisotopic (exact) mass is 298 g/mol.